The summed E-state index contributed by atoms with van der Waals surface area (Å²) < 4.78 is 0. The van der Waals surface area contributed by atoms with Crippen molar-refractivity contribution in [1.82, 2.24) is 0 Å². The lowest BCUT2D eigenvalue weighted by Crippen LogP contribution is -1.81. The van der Waals surface area contributed by atoms with Crippen LogP contribution in [-0.4, -0.2) is 19.0 Å². The van der Waals surface area contributed by atoms with Gasteiger partial charge < -0.3 is 0 Å². The highest BCUT2D eigenvalue weighted by atomic mass is 31.1. The minimum absolute atomic E-state index is 0.193. The molecule has 0 saturated heterocycles. The molecule has 0 bridgehead atoms. The average Bonchev–Trinajstić information content (AvgIpc) is 1.83. The van der Waals surface area contributed by atoms with Crippen LogP contribution in [0.4, 0.5) is 0 Å². The highest BCUT2D eigenvalue weighted by molar-refractivity contribution is 7.56. The van der Waals surface area contributed by atoms with Gasteiger partial charge in [-0.2, -0.15) is 5.26 Å². The van der Waals surface area contributed by atoms with E-state index in [9.17, 15) is 0 Å². The van der Waals surface area contributed by atoms with Crippen LogP contribution in [0.25, 0.3) is 0 Å². The van der Waals surface area contributed by atoms with Crippen molar-refractivity contribution in [2.45, 2.75) is 13.3 Å². The van der Waals surface area contributed by atoms with Gasteiger partial charge in [-0.3, -0.25) is 0 Å². The van der Waals surface area contributed by atoms with Crippen LogP contribution in [-0.2, 0) is 0 Å². The first-order chi connectivity index (χ1) is 3.81. The Balaban J connectivity index is 3.01. The van der Waals surface area contributed by atoms with Crippen LogP contribution in [0.1, 0.15) is 13.3 Å². The molecule has 0 aliphatic carbocycles. The Labute approximate surface area is 52.5 Å². The van der Waals surface area contributed by atoms with Crippen molar-refractivity contribution in [2.24, 2.45) is 0 Å². The molecular weight excluding hydrogens is 117 g/mol. The fourth-order valence-corrected chi connectivity index (χ4v) is 1.20. The van der Waals surface area contributed by atoms with Crippen molar-refractivity contribution in [3.05, 3.63) is 0 Å². The van der Waals surface area contributed by atoms with Crippen molar-refractivity contribution in [3.8, 4) is 6.07 Å². The van der Waals surface area contributed by atoms with E-state index in [-0.39, 0.29) is 7.92 Å². The lowest BCUT2D eigenvalue weighted by molar-refractivity contribution is 1.22. The van der Waals surface area contributed by atoms with Crippen LogP contribution in [0.5, 0.6) is 0 Å². The molecule has 0 fully saturated rings. The molecule has 0 spiro atoms. The summed E-state index contributed by atoms with van der Waals surface area (Å²) in [6.07, 6.45) is 3.13. The lowest BCUT2D eigenvalue weighted by Gasteiger charge is -2.02. The Morgan fingerprint density at radius 1 is 1.62 bits per heavy atom. The summed E-state index contributed by atoms with van der Waals surface area (Å²) in [7, 11) is 0.193. The van der Waals surface area contributed by atoms with Crippen LogP contribution in [0.2, 0.25) is 0 Å². The van der Waals surface area contributed by atoms with E-state index in [1.165, 1.54) is 6.16 Å². The summed E-state index contributed by atoms with van der Waals surface area (Å²) in [6.45, 7) is 4.43. The van der Waals surface area contributed by atoms with Gasteiger partial charge in [0, 0.05) is 6.42 Å². The lowest BCUT2D eigenvalue weighted by atomic mass is 10.6. The molecule has 0 heterocycles. The summed E-state index contributed by atoms with van der Waals surface area (Å²) in [4.78, 5) is 0. The van der Waals surface area contributed by atoms with Crippen molar-refractivity contribution < 1.29 is 0 Å². The van der Waals surface area contributed by atoms with E-state index in [1.54, 1.807) is 0 Å². The number of rotatable bonds is 3. The standard InChI is InChI=1S/C6H12NP/c1-3-8(2)6-4-5-7/h3-4,6H2,1-2H3. The van der Waals surface area contributed by atoms with E-state index in [2.05, 4.69) is 19.7 Å². The largest absolute Gasteiger partial charge is 0.198 e. The summed E-state index contributed by atoms with van der Waals surface area (Å²) in [5.41, 5.74) is 0. The van der Waals surface area contributed by atoms with E-state index in [0.29, 0.717) is 0 Å². The zero-order chi connectivity index (χ0) is 6.41. The maximum atomic E-state index is 8.17. The molecule has 0 radical (unpaired) electrons. The highest BCUT2D eigenvalue weighted by Crippen LogP contribution is 2.29. The molecule has 0 aliphatic heterocycles. The third-order valence-electron chi connectivity index (χ3n) is 1.15. The molecule has 0 rings (SSSR count). The van der Waals surface area contributed by atoms with Gasteiger partial charge in [-0.05, 0) is 19.0 Å². The van der Waals surface area contributed by atoms with Gasteiger partial charge in [-0.25, -0.2) is 0 Å². The number of hydrogen-bond donors (Lipinski definition) is 0. The molecule has 1 unspecified atom stereocenters. The Bertz CT molecular complexity index is 85.0. The molecule has 2 heteroatoms. The Morgan fingerprint density at radius 2 is 2.25 bits per heavy atom. The highest BCUT2D eigenvalue weighted by Gasteiger charge is 1.93. The van der Waals surface area contributed by atoms with Gasteiger partial charge in [0.1, 0.15) is 0 Å². The minimum atomic E-state index is 0.193. The van der Waals surface area contributed by atoms with Gasteiger partial charge >= 0.3 is 0 Å². The molecule has 0 aliphatic rings. The fourth-order valence-electron chi connectivity index (χ4n) is 0.399. The molecule has 0 aromatic rings. The van der Waals surface area contributed by atoms with Crippen LogP contribution < -0.4 is 0 Å². The van der Waals surface area contributed by atoms with E-state index in [4.69, 9.17) is 5.26 Å². The molecule has 0 amide bonds. The summed E-state index contributed by atoms with van der Waals surface area (Å²) in [5, 5.41) is 8.17. The van der Waals surface area contributed by atoms with Crippen molar-refractivity contribution >= 4 is 7.92 Å². The maximum Gasteiger partial charge on any atom is 0.0625 e. The maximum absolute atomic E-state index is 8.17. The molecule has 0 saturated carbocycles. The predicted octanol–water partition coefficient (Wildman–Crippen LogP) is 2.03. The van der Waals surface area contributed by atoms with Crippen LogP contribution >= 0.6 is 7.92 Å². The summed E-state index contributed by atoms with van der Waals surface area (Å²) in [6, 6.07) is 2.15. The second-order valence-corrected chi connectivity index (χ2v) is 4.60. The normalized spacial score (nSPS) is 12.6. The van der Waals surface area contributed by atoms with E-state index in [0.717, 1.165) is 12.6 Å². The van der Waals surface area contributed by atoms with E-state index >= 15 is 0 Å². The number of hydrogen-bond acceptors (Lipinski definition) is 1. The third-order valence-corrected chi connectivity index (χ3v) is 3.21. The van der Waals surface area contributed by atoms with Gasteiger partial charge in [0.05, 0.1) is 6.07 Å². The van der Waals surface area contributed by atoms with Crippen molar-refractivity contribution in [2.75, 3.05) is 19.0 Å². The molecule has 8 heavy (non-hydrogen) atoms. The quantitative estimate of drug-likeness (QED) is 0.535. The molecule has 1 nitrogen and oxygen atoms in total. The summed E-state index contributed by atoms with van der Waals surface area (Å²) >= 11 is 0. The molecular formula is C6H12NP. The average molecular weight is 129 g/mol. The van der Waals surface area contributed by atoms with Gasteiger partial charge in [-0.15, -0.1) is 7.92 Å². The first-order valence-electron chi connectivity index (χ1n) is 2.86. The third kappa shape index (κ3) is 4.09. The molecule has 0 aromatic carbocycles. The molecule has 0 aromatic heterocycles. The number of nitrogens with zero attached hydrogens (tertiary/aromatic N) is 1. The minimum Gasteiger partial charge on any atom is -0.198 e. The van der Waals surface area contributed by atoms with Crippen molar-refractivity contribution in [1.29, 1.82) is 5.26 Å². The van der Waals surface area contributed by atoms with E-state index < -0.39 is 0 Å². The first-order valence-corrected chi connectivity index (χ1v) is 5.02. The van der Waals surface area contributed by atoms with Crippen molar-refractivity contribution in [3.63, 3.8) is 0 Å². The zero-order valence-corrected chi connectivity index (χ0v) is 6.41. The first kappa shape index (κ1) is 7.92. The van der Waals surface area contributed by atoms with E-state index in [1.807, 2.05) is 0 Å². The second-order valence-electron chi connectivity index (χ2n) is 1.80. The Hall–Kier alpha value is -0.0800. The van der Waals surface area contributed by atoms with Gasteiger partial charge in [-0.1, -0.05) is 6.92 Å². The molecule has 46 valence electrons. The van der Waals surface area contributed by atoms with Gasteiger partial charge in [0.15, 0.2) is 0 Å². The Kier molecular flexibility index (Phi) is 5.01. The van der Waals surface area contributed by atoms with Gasteiger partial charge in [0.25, 0.3) is 0 Å². The summed E-state index contributed by atoms with van der Waals surface area (Å²) in [5.74, 6) is 0. The smallest absolute Gasteiger partial charge is 0.0625 e. The second kappa shape index (κ2) is 5.06. The van der Waals surface area contributed by atoms with Crippen LogP contribution in [0, 0.1) is 11.3 Å². The zero-order valence-electron chi connectivity index (χ0n) is 5.52. The number of nitriles is 1. The fraction of sp³-hybridized carbons (Fsp3) is 0.833. The molecule has 0 N–H and O–H groups in total. The molecule has 1 atom stereocenters. The predicted molar refractivity (Wildman–Crippen MR) is 38.5 cm³/mol. The van der Waals surface area contributed by atoms with Gasteiger partial charge in [0.2, 0.25) is 0 Å². The monoisotopic (exact) mass is 129 g/mol. The van der Waals surface area contributed by atoms with Crippen LogP contribution in [0.15, 0.2) is 0 Å². The van der Waals surface area contributed by atoms with Crippen LogP contribution in [0.3, 0.4) is 0 Å². The topological polar surface area (TPSA) is 23.8 Å². The SMILES string of the molecule is CCP(C)CCC#N. The Morgan fingerprint density at radius 3 is 2.62 bits per heavy atom.